The molecule has 0 amide bonds. The standard InChI is InChI=1S/C17H19ClN2O3S/c1-4-23-12-7-5-11(6-8-12)19-17(24)20-14-9-13(18)15(21-2)10-16(14)22-3/h5-10H,4H2,1-3H3,(H2,19,20,24). The molecule has 2 aromatic rings. The topological polar surface area (TPSA) is 51.8 Å². The molecule has 0 saturated carbocycles. The second kappa shape index (κ2) is 8.61. The summed E-state index contributed by atoms with van der Waals surface area (Å²) < 4.78 is 15.9. The molecular weight excluding hydrogens is 348 g/mol. The summed E-state index contributed by atoms with van der Waals surface area (Å²) in [5.74, 6) is 1.92. The SMILES string of the molecule is CCOc1ccc(NC(=S)Nc2cc(Cl)c(OC)cc2OC)cc1. The zero-order chi connectivity index (χ0) is 17.5. The number of hydrogen-bond donors (Lipinski definition) is 2. The predicted molar refractivity (Wildman–Crippen MR) is 102 cm³/mol. The molecule has 24 heavy (non-hydrogen) atoms. The highest BCUT2D eigenvalue weighted by molar-refractivity contribution is 7.80. The van der Waals surface area contributed by atoms with Gasteiger partial charge in [-0.1, -0.05) is 11.6 Å². The highest BCUT2D eigenvalue weighted by Gasteiger charge is 2.11. The third-order valence-electron chi connectivity index (χ3n) is 3.15. The van der Waals surface area contributed by atoms with E-state index in [4.69, 9.17) is 38.0 Å². The Labute approximate surface area is 151 Å². The van der Waals surface area contributed by atoms with Gasteiger partial charge in [-0.3, -0.25) is 0 Å². The number of methoxy groups -OCH3 is 2. The van der Waals surface area contributed by atoms with Crippen molar-refractivity contribution in [3.05, 3.63) is 41.4 Å². The van der Waals surface area contributed by atoms with Crippen LogP contribution in [0.3, 0.4) is 0 Å². The number of nitrogens with one attached hydrogen (secondary N) is 2. The van der Waals surface area contributed by atoms with Crippen molar-refractivity contribution < 1.29 is 14.2 Å². The Morgan fingerprint density at radius 3 is 2.29 bits per heavy atom. The van der Waals surface area contributed by atoms with Crippen molar-refractivity contribution >= 4 is 40.3 Å². The number of ether oxygens (including phenoxy) is 3. The summed E-state index contributed by atoms with van der Waals surface area (Å²) in [6, 6.07) is 10.9. The van der Waals surface area contributed by atoms with E-state index in [0.717, 1.165) is 11.4 Å². The van der Waals surface area contributed by atoms with Gasteiger partial charge in [0, 0.05) is 11.8 Å². The fraction of sp³-hybridized carbons (Fsp3) is 0.235. The second-order valence-electron chi connectivity index (χ2n) is 4.72. The minimum absolute atomic E-state index is 0.415. The number of anilines is 2. The molecule has 7 heteroatoms. The van der Waals surface area contributed by atoms with Crippen LogP contribution in [-0.4, -0.2) is 25.9 Å². The van der Waals surface area contributed by atoms with Crippen LogP contribution in [0.15, 0.2) is 36.4 Å². The zero-order valence-corrected chi connectivity index (χ0v) is 15.3. The van der Waals surface area contributed by atoms with Crippen LogP contribution in [0.5, 0.6) is 17.2 Å². The number of benzene rings is 2. The molecule has 0 saturated heterocycles. The zero-order valence-electron chi connectivity index (χ0n) is 13.7. The molecule has 0 unspecified atom stereocenters. The lowest BCUT2D eigenvalue weighted by Crippen LogP contribution is -2.19. The van der Waals surface area contributed by atoms with Gasteiger partial charge in [0.05, 0.1) is 31.5 Å². The van der Waals surface area contributed by atoms with Crippen LogP contribution in [0.1, 0.15) is 6.92 Å². The number of thiocarbonyl (C=S) groups is 1. The minimum Gasteiger partial charge on any atom is -0.495 e. The lowest BCUT2D eigenvalue weighted by atomic mass is 10.2. The van der Waals surface area contributed by atoms with Crippen LogP contribution < -0.4 is 24.8 Å². The first kappa shape index (κ1) is 18.2. The molecule has 0 aliphatic carbocycles. The third kappa shape index (κ3) is 4.66. The van der Waals surface area contributed by atoms with Crippen LogP contribution in [0.25, 0.3) is 0 Å². The molecule has 0 atom stereocenters. The quantitative estimate of drug-likeness (QED) is 0.731. The summed E-state index contributed by atoms with van der Waals surface area (Å²) >= 11 is 11.5. The summed E-state index contributed by atoms with van der Waals surface area (Å²) in [6.45, 7) is 2.57. The normalized spacial score (nSPS) is 10.0. The molecule has 0 aliphatic heterocycles. The van der Waals surface area contributed by atoms with E-state index in [1.54, 1.807) is 26.4 Å². The molecule has 0 bridgehead atoms. The van der Waals surface area contributed by atoms with Gasteiger partial charge in [-0.25, -0.2) is 0 Å². The van der Waals surface area contributed by atoms with E-state index >= 15 is 0 Å². The molecule has 0 radical (unpaired) electrons. The van der Waals surface area contributed by atoms with Crippen LogP contribution in [-0.2, 0) is 0 Å². The maximum absolute atomic E-state index is 6.15. The number of rotatable bonds is 6. The lowest BCUT2D eigenvalue weighted by Gasteiger charge is -2.15. The van der Waals surface area contributed by atoms with Gasteiger partial charge in [-0.2, -0.15) is 0 Å². The molecule has 0 fully saturated rings. The highest BCUT2D eigenvalue weighted by atomic mass is 35.5. The first-order valence-electron chi connectivity index (χ1n) is 7.29. The van der Waals surface area contributed by atoms with E-state index < -0.39 is 0 Å². The van der Waals surface area contributed by atoms with Gasteiger partial charge in [0.15, 0.2) is 5.11 Å². The van der Waals surface area contributed by atoms with Crippen LogP contribution in [0.2, 0.25) is 5.02 Å². The van der Waals surface area contributed by atoms with Crippen molar-refractivity contribution in [3.8, 4) is 17.2 Å². The summed E-state index contributed by atoms with van der Waals surface area (Å²) in [5, 5.41) is 7.04. The fourth-order valence-corrected chi connectivity index (χ4v) is 2.51. The number of halogens is 1. The number of hydrogen-bond acceptors (Lipinski definition) is 4. The third-order valence-corrected chi connectivity index (χ3v) is 3.64. The first-order chi connectivity index (χ1) is 11.6. The Hall–Kier alpha value is -2.18. The maximum atomic E-state index is 6.15. The Bertz CT molecular complexity index is 708. The van der Waals surface area contributed by atoms with Gasteiger partial charge in [-0.15, -0.1) is 0 Å². The molecule has 0 spiro atoms. The van der Waals surface area contributed by atoms with Crippen molar-refractivity contribution in [2.45, 2.75) is 6.92 Å². The van der Waals surface area contributed by atoms with E-state index in [-0.39, 0.29) is 0 Å². The molecular formula is C17H19ClN2O3S. The van der Waals surface area contributed by atoms with Crippen LogP contribution in [0, 0.1) is 0 Å². The van der Waals surface area contributed by atoms with Crippen molar-refractivity contribution in [2.75, 3.05) is 31.5 Å². The Kier molecular flexibility index (Phi) is 6.52. The van der Waals surface area contributed by atoms with Crippen molar-refractivity contribution in [2.24, 2.45) is 0 Å². The van der Waals surface area contributed by atoms with Crippen LogP contribution >= 0.6 is 23.8 Å². The maximum Gasteiger partial charge on any atom is 0.175 e. The van der Waals surface area contributed by atoms with E-state index in [1.807, 2.05) is 31.2 Å². The summed E-state index contributed by atoms with van der Waals surface area (Å²) in [7, 11) is 3.11. The summed E-state index contributed by atoms with van der Waals surface area (Å²) in [5.41, 5.74) is 1.49. The summed E-state index contributed by atoms with van der Waals surface area (Å²) in [4.78, 5) is 0. The average Bonchev–Trinajstić information content (AvgIpc) is 2.57. The second-order valence-corrected chi connectivity index (χ2v) is 5.54. The lowest BCUT2D eigenvalue weighted by molar-refractivity contribution is 0.340. The highest BCUT2D eigenvalue weighted by Crippen LogP contribution is 2.35. The molecule has 0 aliphatic rings. The smallest absolute Gasteiger partial charge is 0.175 e. The molecule has 128 valence electrons. The van der Waals surface area contributed by atoms with Crippen molar-refractivity contribution in [1.82, 2.24) is 0 Å². The molecule has 2 rings (SSSR count). The fourth-order valence-electron chi connectivity index (χ4n) is 2.04. The molecule has 5 nitrogen and oxygen atoms in total. The molecule has 0 heterocycles. The van der Waals surface area contributed by atoms with E-state index in [1.165, 1.54) is 0 Å². The largest absolute Gasteiger partial charge is 0.495 e. The van der Waals surface area contributed by atoms with E-state index in [0.29, 0.717) is 33.9 Å². The predicted octanol–water partition coefficient (Wildman–Crippen LogP) is 4.56. The first-order valence-corrected chi connectivity index (χ1v) is 8.08. The molecule has 2 aromatic carbocycles. The minimum atomic E-state index is 0.415. The Balaban J connectivity index is 2.07. The molecule has 0 aromatic heterocycles. The van der Waals surface area contributed by atoms with Gasteiger partial charge in [0.2, 0.25) is 0 Å². The van der Waals surface area contributed by atoms with Gasteiger partial charge < -0.3 is 24.8 Å². The Morgan fingerprint density at radius 2 is 1.71 bits per heavy atom. The van der Waals surface area contributed by atoms with Crippen molar-refractivity contribution in [1.29, 1.82) is 0 Å². The average molecular weight is 367 g/mol. The van der Waals surface area contributed by atoms with Crippen LogP contribution in [0.4, 0.5) is 11.4 Å². The molecule has 2 N–H and O–H groups in total. The van der Waals surface area contributed by atoms with Crippen molar-refractivity contribution in [3.63, 3.8) is 0 Å². The van der Waals surface area contributed by atoms with E-state index in [9.17, 15) is 0 Å². The van der Waals surface area contributed by atoms with Gasteiger partial charge in [-0.05, 0) is 49.5 Å². The van der Waals surface area contributed by atoms with Gasteiger partial charge in [0.25, 0.3) is 0 Å². The van der Waals surface area contributed by atoms with Gasteiger partial charge in [0.1, 0.15) is 17.2 Å². The van der Waals surface area contributed by atoms with Gasteiger partial charge >= 0.3 is 0 Å². The summed E-state index contributed by atoms with van der Waals surface area (Å²) in [6.07, 6.45) is 0. The monoisotopic (exact) mass is 366 g/mol. The Morgan fingerprint density at radius 1 is 1.04 bits per heavy atom. The van der Waals surface area contributed by atoms with E-state index in [2.05, 4.69) is 10.6 Å².